The topological polar surface area (TPSA) is 83.4 Å². The van der Waals surface area contributed by atoms with E-state index in [0.29, 0.717) is 22.0 Å². The lowest BCUT2D eigenvalue weighted by molar-refractivity contribution is 0.102. The normalized spacial score (nSPS) is 14.1. The highest BCUT2D eigenvalue weighted by atomic mass is 35.5. The fourth-order valence-electron chi connectivity index (χ4n) is 3.27. The van der Waals surface area contributed by atoms with E-state index in [-0.39, 0.29) is 5.69 Å². The largest absolute Gasteiger partial charge is 0.469 e. The van der Waals surface area contributed by atoms with E-state index in [1.165, 1.54) is 30.5 Å². The first-order chi connectivity index (χ1) is 14.4. The Morgan fingerprint density at radius 2 is 1.80 bits per heavy atom. The predicted molar refractivity (Wildman–Crippen MR) is 112 cm³/mol. The number of urea groups is 1. The Morgan fingerprint density at radius 3 is 2.43 bits per heavy atom. The molecule has 3 N–H and O–H groups in total. The zero-order valence-corrected chi connectivity index (χ0v) is 16.8. The first kappa shape index (κ1) is 20.0. The van der Waals surface area contributed by atoms with Gasteiger partial charge in [-0.3, -0.25) is 4.79 Å². The van der Waals surface area contributed by atoms with Gasteiger partial charge in [-0.25, -0.2) is 9.18 Å². The molecule has 0 aliphatic heterocycles. The third-order valence-corrected chi connectivity index (χ3v) is 5.33. The van der Waals surface area contributed by atoms with E-state index in [1.807, 2.05) is 12.1 Å². The van der Waals surface area contributed by atoms with Gasteiger partial charge in [0.15, 0.2) is 0 Å². The van der Waals surface area contributed by atoms with Crippen molar-refractivity contribution in [2.24, 2.45) is 0 Å². The minimum atomic E-state index is -0.615. The molecule has 0 radical (unpaired) electrons. The molecule has 0 unspecified atom stereocenters. The Labute approximate surface area is 177 Å². The minimum Gasteiger partial charge on any atom is -0.469 e. The number of hydrogen-bond acceptors (Lipinski definition) is 3. The Balaban J connectivity index is 1.44. The summed E-state index contributed by atoms with van der Waals surface area (Å²) in [4.78, 5) is 24.8. The van der Waals surface area contributed by atoms with Crippen molar-refractivity contribution >= 4 is 34.9 Å². The Hall–Kier alpha value is -3.32. The molecule has 1 aliphatic rings. The summed E-state index contributed by atoms with van der Waals surface area (Å²) in [6, 6.07) is 12.4. The number of rotatable bonds is 5. The van der Waals surface area contributed by atoms with Gasteiger partial charge in [-0.2, -0.15) is 0 Å². The standard InChI is InChI=1S/C22H19ClFN3O3/c1-13-17(8-11-30-13)20(28)26-19-12-16(6-7-18(19)24)25-21(29)27-22(9-10-22)14-2-4-15(23)5-3-14/h2-8,11-12H,9-10H2,1H3,(H,26,28)(H2,25,27,29). The number of halogens is 2. The molecule has 2 aromatic carbocycles. The Bertz CT molecular complexity index is 1110. The van der Waals surface area contributed by atoms with Crippen molar-refractivity contribution in [3.05, 3.63) is 82.5 Å². The van der Waals surface area contributed by atoms with Gasteiger partial charge in [0.2, 0.25) is 0 Å². The van der Waals surface area contributed by atoms with Crippen LogP contribution in [0, 0.1) is 12.7 Å². The Kier molecular flexibility index (Phi) is 5.22. The first-order valence-electron chi connectivity index (χ1n) is 9.36. The van der Waals surface area contributed by atoms with Gasteiger partial charge in [-0.1, -0.05) is 23.7 Å². The number of anilines is 2. The lowest BCUT2D eigenvalue weighted by atomic mass is 10.1. The van der Waals surface area contributed by atoms with Crippen LogP contribution in [0.4, 0.5) is 20.6 Å². The van der Waals surface area contributed by atoms with Gasteiger partial charge in [0.25, 0.3) is 5.91 Å². The molecule has 1 saturated carbocycles. The third-order valence-electron chi connectivity index (χ3n) is 5.08. The summed E-state index contributed by atoms with van der Waals surface area (Å²) in [6.07, 6.45) is 3.02. The molecular formula is C22H19ClFN3O3. The van der Waals surface area contributed by atoms with Gasteiger partial charge < -0.3 is 20.4 Å². The summed E-state index contributed by atoms with van der Waals surface area (Å²) >= 11 is 5.93. The van der Waals surface area contributed by atoms with E-state index >= 15 is 0 Å². The maximum absolute atomic E-state index is 14.2. The van der Waals surface area contributed by atoms with Crippen molar-refractivity contribution < 1.29 is 18.4 Å². The smallest absolute Gasteiger partial charge is 0.319 e. The van der Waals surface area contributed by atoms with Crippen molar-refractivity contribution in [3.63, 3.8) is 0 Å². The van der Waals surface area contributed by atoms with Crippen LogP contribution < -0.4 is 16.0 Å². The third kappa shape index (κ3) is 4.16. The van der Waals surface area contributed by atoms with Crippen LogP contribution in [0.15, 0.2) is 59.2 Å². The van der Waals surface area contributed by atoms with Crippen molar-refractivity contribution in [1.29, 1.82) is 0 Å². The van der Waals surface area contributed by atoms with Gasteiger partial charge in [0.1, 0.15) is 11.6 Å². The highest BCUT2D eigenvalue weighted by Crippen LogP contribution is 2.45. The fourth-order valence-corrected chi connectivity index (χ4v) is 3.39. The molecule has 154 valence electrons. The zero-order valence-electron chi connectivity index (χ0n) is 16.1. The number of hydrogen-bond donors (Lipinski definition) is 3. The van der Waals surface area contributed by atoms with Crippen molar-refractivity contribution in [2.45, 2.75) is 25.3 Å². The molecule has 8 heteroatoms. The molecule has 0 bridgehead atoms. The zero-order chi connectivity index (χ0) is 21.3. The molecule has 1 aromatic heterocycles. The van der Waals surface area contributed by atoms with Crippen LogP contribution in [0.2, 0.25) is 5.02 Å². The molecule has 1 heterocycles. The van der Waals surface area contributed by atoms with Gasteiger partial charge in [0, 0.05) is 10.7 Å². The molecule has 4 rings (SSSR count). The highest BCUT2D eigenvalue weighted by Gasteiger charge is 2.45. The lowest BCUT2D eigenvalue weighted by Crippen LogP contribution is -2.38. The van der Waals surface area contributed by atoms with E-state index in [0.717, 1.165) is 18.4 Å². The van der Waals surface area contributed by atoms with Gasteiger partial charge in [0.05, 0.1) is 23.1 Å². The second-order valence-corrected chi connectivity index (χ2v) is 7.64. The van der Waals surface area contributed by atoms with Gasteiger partial charge >= 0.3 is 6.03 Å². The van der Waals surface area contributed by atoms with Crippen molar-refractivity contribution in [1.82, 2.24) is 5.32 Å². The number of furan rings is 1. The molecule has 0 atom stereocenters. The highest BCUT2D eigenvalue weighted by molar-refractivity contribution is 6.30. The predicted octanol–water partition coefficient (Wildman–Crippen LogP) is 5.44. The number of carbonyl (C=O) groups is 2. The number of nitrogens with one attached hydrogen (secondary N) is 3. The molecule has 30 heavy (non-hydrogen) atoms. The molecule has 0 saturated heterocycles. The monoisotopic (exact) mass is 427 g/mol. The molecule has 6 nitrogen and oxygen atoms in total. The molecule has 0 spiro atoms. The maximum atomic E-state index is 14.2. The number of amides is 3. The summed E-state index contributed by atoms with van der Waals surface area (Å²) in [5, 5.41) is 8.79. The summed E-state index contributed by atoms with van der Waals surface area (Å²) in [5.41, 5.74) is 1.16. The van der Waals surface area contributed by atoms with E-state index in [2.05, 4.69) is 16.0 Å². The number of carbonyl (C=O) groups excluding carboxylic acids is 2. The molecule has 3 aromatic rings. The van der Waals surface area contributed by atoms with Gasteiger partial charge in [-0.05, 0) is 61.7 Å². The molecular weight excluding hydrogens is 409 g/mol. The summed E-state index contributed by atoms with van der Waals surface area (Å²) in [5.74, 6) is -0.685. The second kappa shape index (κ2) is 7.84. The van der Waals surface area contributed by atoms with Crippen LogP contribution in [0.1, 0.15) is 34.5 Å². The van der Waals surface area contributed by atoms with Crippen LogP contribution >= 0.6 is 11.6 Å². The average Bonchev–Trinajstić information content (AvgIpc) is 3.35. The van der Waals surface area contributed by atoms with Crippen molar-refractivity contribution in [2.75, 3.05) is 10.6 Å². The maximum Gasteiger partial charge on any atom is 0.319 e. The average molecular weight is 428 g/mol. The van der Waals surface area contributed by atoms with Crippen LogP contribution in [0.25, 0.3) is 0 Å². The van der Waals surface area contributed by atoms with E-state index < -0.39 is 23.3 Å². The van der Waals surface area contributed by atoms with E-state index in [9.17, 15) is 14.0 Å². The van der Waals surface area contributed by atoms with Crippen LogP contribution in [0.5, 0.6) is 0 Å². The van der Waals surface area contributed by atoms with Gasteiger partial charge in [-0.15, -0.1) is 0 Å². The molecule has 1 aliphatic carbocycles. The SMILES string of the molecule is Cc1occc1C(=O)Nc1cc(NC(=O)NC2(c3ccc(Cl)cc3)CC2)ccc1F. The quantitative estimate of drug-likeness (QED) is 0.506. The Morgan fingerprint density at radius 1 is 1.07 bits per heavy atom. The number of aryl methyl sites for hydroxylation is 1. The van der Waals surface area contributed by atoms with E-state index in [4.69, 9.17) is 16.0 Å². The fraction of sp³-hybridized carbons (Fsp3) is 0.182. The molecule has 3 amide bonds. The summed E-state index contributed by atoms with van der Waals surface area (Å²) in [7, 11) is 0. The summed E-state index contributed by atoms with van der Waals surface area (Å²) in [6.45, 7) is 1.64. The second-order valence-electron chi connectivity index (χ2n) is 7.21. The van der Waals surface area contributed by atoms with Crippen molar-refractivity contribution in [3.8, 4) is 0 Å². The number of benzene rings is 2. The van der Waals surface area contributed by atoms with Crippen LogP contribution in [-0.4, -0.2) is 11.9 Å². The minimum absolute atomic E-state index is 0.0442. The van der Waals surface area contributed by atoms with E-state index in [1.54, 1.807) is 19.1 Å². The lowest BCUT2D eigenvalue weighted by Gasteiger charge is -2.19. The molecule has 1 fully saturated rings. The van der Waals surface area contributed by atoms with Crippen LogP contribution in [-0.2, 0) is 5.54 Å². The van der Waals surface area contributed by atoms with Crippen LogP contribution in [0.3, 0.4) is 0 Å². The first-order valence-corrected chi connectivity index (χ1v) is 9.74. The summed E-state index contributed by atoms with van der Waals surface area (Å²) < 4.78 is 19.3.